The SMILES string of the molecule is CNCC=Cc1cc(C(F)(F)F)ccc1Cl. The highest BCUT2D eigenvalue weighted by molar-refractivity contribution is 6.32. The number of rotatable bonds is 3. The highest BCUT2D eigenvalue weighted by Crippen LogP contribution is 2.32. The van der Waals surface area contributed by atoms with Gasteiger partial charge in [0.15, 0.2) is 0 Å². The molecule has 0 unspecified atom stereocenters. The van der Waals surface area contributed by atoms with Crippen LogP contribution in [0.15, 0.2) is 24.3 Å². The Bertz CT molecular complexity index is 385. The minimum absolute atomic E-state index is 0.306. The van der Waals surface area contributed by atoms with E-state index < -0.39 is 11.7 Å². The second kappa shape index (κ2) is 5.37. The van der Waals surface area contributed by atoms with Gasteiger partial charge in [0.2, 0.25) is 0 Å². The molecule has 16 heavy (non-hydrogen) atoms. The van der Waals surface area contributed by atoms with E-state index in [9.17, 15) is 13.2 Å². The first-order chi connectivity index (χ1) is 7.45. The molecular formula is C11H11ClF3N. The lowest BCUT2D eigenvalue weighted by Crippen LogP contribution is -2.05. The molecule has 1 aromatic carbocycles. The Morgan fingerprint density at radius 1 is 1.38 bits per heavy atom. The van der Waals surface area contributed by atoms with Crippen molar-refractivity contribution in [3.63, 3.8) is 0 Å². The van der Waals surface area contributed by atoms with Gasteiger partial charge in [-0.25, -0.2) is 0 Å². The summed E-state index contributed by atoms with van der Waals surface area (Å²) in [6.07, 6.45) is -1.06. The third kappa shape index (κ3) is 3.54. The van der Waals surface area contributed by atoms with Crippen LogP contribution in [0.5, 0.6) is 0 Å². The maximum atomic E-state index is 12.4. The zero-order chi connectivity index (χ0) is 12.2. The molecule has 0 aliphatic rings. The fourth-order valence-corrected chi connectivity index (χ4v) is 1.33. The Morgan fingerprint density at radius 3 is 2.62 bits per heavy atom. The van der Waals surface area contributed by atoms with E-state index in [-0.39, 0.29) is 0 Å². The average molecular weight is 250 g/mol. The van der Waals surface area contributed by atoms with Crippen LogP contribution in [0.4, 0.5) is 13.2 Å². The molecule has 0 aliphatic carbocycles. The number of nitrogens with one attached hydrogen (secondary N) is 1. The van der Waals surface area contributed by atoms with Crippen molar-refractivity contribution in [2.75, 3.05) is 13.6 Å². The molecule has 0 fully saturated rings. The molecule has 0 amide bonds. The zero-order valence-electron chi connectivity index (χ0n) is 8.61. The molecule has 0 bridgehead atoms. The van der Waals surface area contributed by atoms with Crippen LogP contribution in [0, 0.1) is 0 Å². The van der Waals surface area contributed by atoms with Gasteiger partial charge >= 0.3 is 6.18 Å². The molecule has 0 heterocycles. The van der Waals surface area contributed by atoms with Crippen LogP contribution in [0.1, 0.15) is 11.1 Å². The van der Waals surface area contributed by atoms with E-state index in [1.54, 1.807) is 19.2 Å². The van der Waals surface area contributed by atoms with Crippen LogP contribution in [-0.4, -0.2) is 13.6 Å². The van der Waals surface area contributed by atoms with Crippen molar-refractivity contribution < 1.29 is 13.2 Å². The topological polar surface area (TPSA) is 12.0 Å². The van der Waals surface area contributed by atoms with E-state index in [1.165, 1.54) is 6.07 Å². The van der Waals surface area contributed by atoms with Crippen LogP contribution in [0.25, 0.3) is 6.08 Å². The van der Waals surface area contributed by atoms with Crippen molar-refractivity contribution in [3.8, 4) is 0 Å². The van der Waals surface area contributed by atoms with Crippen LogP contribution in [0.2, 0.25) is 5.02 Å². The number of hydrogen-bond acceptors (Lipinski definition) is 1. The summed E-state index contributed by atoms with van der Waals surface area (Å²) in [6, 6.07) is 3.26. The third-order valence-corrected chi connectivity index (χ3v) is 2.29. The van der Waals surface area contributed by atoms with Crippen molar-refractivity contribution in [1.29, 1.82) is 0 Å². The largest absolute Gasteiger partial charge is 0.416 e. The lowest BCUT2D eigenvalue weighted by atomic mass is 10.1. The number of halogens is 4. The third-order valence-electron chi connectivity index (χ3n) is 1.94. The average Bonchev–Trinajstić information content (AvgIpc) is 2.19. The molecule has 0 aromatic heterocycles. The molecule has 0 radical (unpaired) electrons. The first-order valence-corrected chi connectivity index (χ1v) is 5.01. The van der Waals surface area contributed by atoms with Gasteiger partial charge in [0.25, 0.3) is 0 Å². The van der Waals surface area contributed by atoms with Gasteiger partial charge in [0.1, 0.15) is 0 Å². The van der Waals surface area contributed by atoms with Gasteiger partial charge in [-0.15, -0.1) is 0 Å². The summed E-state index contributed by atoms with van der Waals surface area (Å²) in [5, 5.41) is 3.16. The van der Waals surface area contributed by atoms with Gasteiger partial charge in [-0.1, -0.05) is 23.8 Å². The van der Waals surface area contributed by atoms with Crippen molar-refractivity contribution in [3.05, 3.63) is 40.4 Å². The molecule has 1 aromatic rings. The first kappa shape index (κ1) is 13.1. The van der Waals surface area contributed by atoms with E-state index in [2.05, 4.69) is 5.32 Å². The number of hydrogen-bond donors (Lipinski definition) is 1. The molecule has 0 atom stereocenters. The summed E-state index contributed by atoms with van der Waals surface area (Å²) in [6.45, 7) is 0.576. The highest BCUT2D eigenvalue weighted by atomic mass is 35.5. The summed E-state index contributed by atoms with van der Waals surface area (Å²) in [4.78, 5) is 0. The lowest BCUT2D eigenvalue weighted by molar-refractivity contribution is -0.137. The second-order valence-corrected chi connectivity index (χ2v) is 3.60. The van der Waals surface area contributed by atoms with E-state index in [0.717, 1.165) is 12.1 Å². The Hall–Kier alpha value is -1.00. The van der Waals surface area contributed by atoms with E-state index in [4.69, 9.17) is 11.6 Å². The molecule has 1 N–H and O–H groups in total. The molecule has 0 saturated heterocycles. The van der Waals surface area contributed by atoms with Gasteiger partial charge in [0, 0.05) is 11.6 Å². The number of alkyl halides is 3. The molecule has 0 aliphatic heterocycles. The standard InChI is InChI=1S/C11H11ClF3N/c1-16-6-2-3-8-7-9(11(13,14)15)4-5-10(8)12/h2-5,7,16H,6H2,1H3. The van der Waals surface area contributed by atoms with Crippen molar-refractivity contribution >= 4 is 17.7 Å². The molecule has 5 heteroatoms. The van der Waals surface area contributed by atoms with Gasteiger partial charge in [-0.3, -0.25) is 0 Å². The molecule has 1 rings (SSSR count). The first-order valence-electron chi connectivity index (χ1n) is 4.63. The Labute approximate surface area is 96.9 Å². The molecule has 0 spiro atoms. The quantitative estimate of drug-likeness (QED) is 0.863. The fraction of sp³-hybridized carbons (Fsp3) is 0.273. The maximum absolute atomic E-state index is 12.4. The summed E-state index contributed by atoms with van der Waals surface area (Å²) >= 11 is 5.79. The van der Waals surface area contributed by atoms with Crippen LogP contribution >= 0.6 is 11.6 Å². The minimum Gasteiger partial charge on any atom is -0.316 e. The van der Waals surface area contributed by atoms with Crippen LogP contribution < -0.4 is 5.32 Å². The Morgan fingerprint density at radius 2 is 2.06 bits per heavy atom. The van der Waals surface area contributed by atoms with Crippen molar-refractivity contribution in [1.82, 2.24) is 5.32 Å². The van der Waals surface area contributed by atoms with E-state index >= 15 is 0 Å². The Balaban J connectivity index is 3.00. The molecular weight excluding hydrogens is 239 g/mol. The highest BCUT2D eigenvalue weighted by Gasteiger charge is 2.30. The minimum atomic E-state index is -4.34. The van der Waals surface area contributed by atoms with Gasteiger partial charge in [0.05, 0.1) is 5.56 Å². The predicted octanol–water partition coefficient (Wildman–Crippen LogP) is 3.59. The number of benzene rings is 1. The summed E-state index contributed by atoms with van der Waals surface area (Å²) in [7, 11) is 1.75. The number of likely N-dealkylation sites (N-methyl/N-ethyl adjacent to an activating group) is 1. The summed E-state index contributed by atoms with van der Waals surface area (Å²) in [5.41, 5.74) is -0.326. The summed E-state index contributed by atoms with van der Waals surface area (Å²) in [5.74, 6) is 0. The summed E-state index contributed by atoms with van der Waals surface area (Å²) < 4.78 is 37.2. The van der Waals surface area contributed by atoms with E-state index in [0.29, 0.717) is 17.1 Å². The predicted molar refractivity (Wildman–Crippen MR) is 59.4 cm³/mol. The molecule has 0 saturated carbocycles. The fourth-order valence-electron chi connectivity index (χ4n) is 1.15. The molecule has 1 nitrogen and oxygen atoms in total. The monoisotopic (exact) mass is 249 g/mol. The Kier molecular flexibility index (Phi) is 4.38. The van der Waals surface area contributed by atoms with Gasteiger partial charge < -0.3 is 5.32 Å². The van der Waals surface area contributed by atoms with Crippen molar-refractivity contribution in [2.24, 2.45) is 0 Å². The van der Waals surface area contributed by atoms with Crippen LogP contribution in [-0.2, 0) is 6.18 Å². The van der Waals surface area contributed by atoms with Crippen LogP contribution in [0.3, 0.4) is 0 Å². The smallest absolute Gasteiger partial charge is 0.316 e. The normalized spacial score (nSPS) is 12.3. The van der Waals surface area contributed by atoms with Crippen molar-refractivity contribution in [2.45, 2.75) is 6.18 Å². The lowest BCUT2D eigenvalue weighted by Gasteiger charge is -2.08. The molecule has 88 valence electrons. The second-order valence-electron chi connectivity index (χ2n) is 3.19. The van der Waals surface area contributed by atoms with E-state index in [1.807, 2.05) is 0 Å². The van der Waals surface area contributed by atoms with Gasteiger partial charge in [-0.05, 0) is 30.8 Å². The zero-order valence-corrected chi connectivity index (χ0v) is 9.36. The maximum Gasteiger partial charge on any atom is 0.416 e. The van der Waals surface area contributed by atoms with Gasteiger partial charge in [-0.2, -0.15) is 13.2 Å².